The molecule has 28 heavy (non-hydrogen) atoms. The van der Waals surface area contributed by atoms with Crippen LogP contribution in [0.4, 0.5) is 0 Å². The van der Waals surface area contributed by atoms with Crippen LogP contribution in [0.2, 0.25) is 0 Å². The number of carbonyl (C=O) groups excluding carboxylic acids is 2. The van der Waals surface area contributed by atoms with E-state index in [1.807, 2.05) is 45.2 Å². The van der Waals surface area contributed by atoms with Crippen LogP contribution in [0, 0.1) is 0 Å². The van der Waals surface area contributed by atoms with Gasteiger partial charge >= 0.3 is 0 Å². The number of aromatic nitrogens is 2. The molecular formula is C21H26N4O2S. The van der Waals surface area contributed by atoms with Gasteiger partial charge in [0.05, 0.1) is 22.5 Å². The molecule has 148 valence electrons. The van der Waals surface area contributed by atoms with Crippen molar-refractivity contribution in [1.29, 1.82) is 0 Å². The summed E-state index contributed by atoms with van der Waals surface area (Å²) in [4.78, 5) is 32.4. The summed E-state index contributed by atoms with van der Waals surface area (Å²) in [6.45, 7) is 6.17. The number of rotatable bonds is 9. The number of hydrogen-bond acceptors (Lipinski definition) is 4. The molecule has 0 saturated carbocycles. The molecule has 3 aromatic rings. The molecule has 0 aliphatic rings. The van der Waals surface area contributed by atoms with Gasteiger partial charge in [-0.1, -0.05) is 32.0 Å². The fourth-order valence-corrected chi connectivity index (χ4v) is 3.87. The van der Waals surface area contributed by atoms with Crippen molar-refractivity contribution < 1.29 is 9.59 Å². The van der Waals surface area contributed by atoms with Crippen LogP contribution in [0.25, 0.3) is 11.0 Å². The number of nitrogens with one attached hydrogen (secondary N) is 1. The van der Waals surface area contributed by atoms with Crippen LogP contribution in [-0.4, -0.2) is 39.4 Å². The smallest absolute Gasteiger partial charge is 0.261 e. The Labute approximate surface area is 169 Å². The van der Waals surface area contributed by atoms with Crippen LogP contribution < -0.4 is 5.32 Å². The number of amides is 2. The normalized spacial score (nSPS) is 10.9. The van der Waals surface area contributed by atoms with Crippen LogP contribution in [0.1, 0.15) is 42.2 Å². The molecule has 6 nitrogen and oxygen atoms in total. The quantitative estimate of drug-likeness (QED) is 0.598. The Morgan fingerprint density at radius 2 is 1.86 bits per heavy atom. The topological polar surface area (TPSA) is 67.2 Å². The van der Waals surface area contributed by atoms with Crippen molar-refractivity contribution in [3.8, 4) is 0 Å². The average molecular weight is 399 g/mol. The van der Waals surface area contributed by atoms with Crippen LogP contribution in [0.15, 0.2) is 41.8 Å². The second-order valence-electron chi connectivity index (χ2n) is 6.64. The van der Waals surface area contributed by atoms with E-state index in [2.05, 4.69) is 24.1 Å². The monoisotopic (exact) mass is 398 g/mol. The van der Waals surface area contributed by atoms with E-state index in [1.165, 1.54) is 11.3 Å². The fourth-order valence-electron chi connectivity index (χ4n) is 3.23. The second-order valence-corrected chi connectivity index (χ2v) is 7.59. The standard InChI is InChI=1S/C21H26N4O2S/c1-3-11-24(12-4-2)20(26)15-25-17-9-6-5-8-16(17)23-19(25)14-22-21(27)18-10-7-13-28-18/h5-10,13H,3-4,11-12,14-15H2,1-2H3,(H,22,27). The molecule has 0 aliphatic carbocycles. The number of nitrogens with zero attached hydrogens (tertiary/aromatic N) is 3. The summed E-state index contributed by atoms with van der Waals surface area (Å²) < 4.78 is 1.92. The molecule has 7 heteroatoms. The number of hydrogen-bond donors (Lipinski definition) is 1. The first-order valence-corrected chi connectivity index (χ1v) is 10.6. The number of carbonyl (C=O) groups is 2. The van der Waals surface area contributed by atoms with Gasteiger partial charge in [0.15, 0.2) is 0 Å². The van der Waals surface area contributed by atoms with Crippen LogP contribution in [-0.2, 0) is 17.9 Å². The third kappa shape index (κ3) is 4.59. The highest BCUT2D eigenvalue weighted by Crippen LogP contribution is 2.17. The van der Waals surface area contributed by atoms with Crippen LogP contribution >= 0.6 is 11.3 Å². The lowest BCUT2D eigenvalue weighted by Gasteiger charge is -2.22. The molecular weight excluding hydrogens is 372 g/mol. The maximum atomic E-state index is 12.9. The Hall–Kier alpha value is -2.67. The lowest BCUT2D eigenvalue weighted by molar-refractivity contribution is -0.131. The van der Waals surface area contributed by atoms with Crippen LogP contribution in [0.5, 0.6) is 0 Å². The molecule has 1 aromatic carbocycles. The predicted molar refractivity (Wildman–Crippen MR) is 112 cm³/mol. The van der Waals surface area contributed by atoms with Gasteiger partial charge in [-0.2, -0.15) is 0 Å². The van der Waals surface area contributed by atoms with E-state index in [0.29, 0.717) is 10.7 Å². The Morgan fingerprint density at radius 1 is 1.11 bits per heavy atom. The van der Waals surface area contributed by atoms with E-state index in [-0.39, 0.29) is 24.9 Å². The highest BCUT2D eigenvalue weighted by atomic mass is 32.1. The van der Waals surface area contributed by atoms with Crippen molar-refractivity contribution in [2.75, 3.05) is 13.1 Å². The van der Waals surface area contributed by atoms with E-state index >= 15 is 0 Å². The SMILES string of the molecule is CCCN(CCC)C(=O)Cn1c(CNC(=O)c2cccs2)nc2ccccc21. The van der Waals surface area contributed by atoms with E-state index in [4.69, 9.17) is 0 Å². The molecule has 2 amide bonds. The first kappa shape index (κ1) is 20.1. The first-order chi connectivity index (χ1) is 13.6. The Bertz CT molecular complexity index is 927. The lowest BCUT2D eigenvalue weighted by Crippen LogP contribution is -2.35. The molecule has 3 rings (SSSR count). The van der Waals surface area contributed by atoms with Gasteiger partial charge in [-0.15, -0.1) is 11.3 Å². The predicted octanol–water partition coefficient (Wildman–Crippen LogP) is 3.68. The van der Waals surface area contributed by atoms with Gasteiger partial charge in [0.2, 0.25) is 5.91 Å². The molecule has 0 atom stereocenters. The minimum Gasteiger partial charge on any atom is -0.344 e. The summed E-state index contributed by atoms with van der Waals surface area (Å²) in [5, 5.41) is 4.79. The van der Waals surface area contributed by atoms with Crippen molar-refractivity contribution in [1.82, 2.24) is 19.8 Å². The summed E-state index contributed by atoms with van der Waals surface area (Å²) in [5.74, 6) is 0.642. The first-order valence-electron chi connectivity index (χ1n) is 9.67. The zero-order valence-electron chi connectivity index (χ0n) is 16.4. The summed E-state index contributed by atoms with van der Waals surface area (Å²) in [6, 6.07) is 11.4. The Balaban J connectivity index is 1.82. The highest BCUT2D eigenvalue weighted by molar-refractivity contribution is 7.12. The van der Waals surface area contributed by atoms with E-state index in [1.54, 1.807) is 6.07 Å². The number of para-hydroxylation sites is 2. The van der Waals surface area contributed by atoms with Crippen molar-refractivity contribution in [3.05, 3.63) is 52.5 Å². The summed E-state index contributed by atoms with van der Waals surface area (Å²) >= 11 is 1.40. The van der Waals surface area contributed by atoms with Gasteiger partial charge in [0, 0.05) is 13.1 Å². The lowest BCUT2D eigenvalue weighted by atomic mass is 10.3. The van der Waals surface area contributed by atoms with Gasteiger partial charge in [-0.3, -0.25) is 9.59 Å². The molecule has 0 bridgehead atoms. The van der Waals surface area contributed by atoms with Crippen molar-refractivity contribution >= 4 is 34.2 Å². The van der Waals surface area contributed by atoms with Gasteiger partial charge in [0.1, 0.15) is 12.4 Å². The maximum Gasteiger partial charge on any atom is 0.261 e. The van der Waals surface area contributed by atoms with Gasteiger partial charge in [0.25, 0.3) is 5.91 Å². The molecule has 0 spiro atoms. The Kier molecular flexibility index (Phi) is 6.81. The summed E-state index contributed by atoms with van der Waals surface area (Å²) in [7, 11) is 0. The van der Waals surface area contributed by atoms with E-state index in [0.717, 1.165) is 37.0 Å². The second kappa shape index (κ2) is 9.50. The minimum atomic E-state index is -0.126. The number of imidazole rings is 1. The molecule has 2 aromatic heterocycles. The van der Waals surface area contributed by atoms with Crippen molar-refractivity contribution in [2.45, 2.75) is 39.8 Å². The highest BCUT2D eigenvalue weighted by Gasteiger charge is 2.18. The van der Waals surface area contributed by atoms with E-state index in [9.17, 15) is 9.59 Å². The van der Waals surface area contributed by atoms with Crippen molar-refractivity contribution in [2.24, 2.45) is 0 Å². The minimum absolute atomic E-state index is 0.0812. The fraction of sp³-hybridized carbons (Fsp3) is 0.381. The Morgan fingerprint density at radius 3 is 2.54 bits per heavy atom. The molecule has 0 saturated heterocycles. The molecule has 0 radical (unpaired) electrons. The van der Waals surface area contributed by atoms with Crippen molar-refractivity contribution in [3.63, 3.8) is 0 Å². The molecule has 2 heterocycles. The molecule has 0 unspecified atom stereocenters. The zero-order chi connectivity index (χ0) is 19.9. The summed E-state index contributed by atoms with van der Waals surface area (Å²) in [5.41, 5.74) is 1.73. The number of benzene rings is 1. The average Bonchev–Trinajstić information content (AvgIpc) is 3.35. The molecule has 1 N–H and O–H groups in total. The summed E-state index contributed by atoms with van der Waals surface area (Å²) in [6.07, 6.45) is 1.86. The molecule has 0 fully saturated rings. The maximum absolute atomic E-state index is 12.9. The largest absolute Gasteiger partial charge is 0.344 e. The third-order valence-corrected chi connectivity index (χ3v) is 5.39. The van der Waals surface area contributed by atoms with Gasteiger partial charge in [-0.05, 0) is 36.4 Å². The number of thiophene rings is 1. The molecule has 0 aliphatic heterocycles. The van der Waals surface area contributed by atoms with E-state index < -0.39 is 0 Å². The third-order valence-electron chi connectivity index (χ3n) is 4.52. The van der Waals surface area contributed by atoms with Gasteiger partial charge in [-0.25, -0.2) is 4.98 Å². The van der Waals surface area contributed by atoms with Crippen LogP contribution in [0.3, 0.4) is 0 Å². The number of fused-ring (bicyclic) bond motifs is 1. The zero-order valence-corrected chi connectivity index (χ0v) is 17.2. The van der Waals surface area contributed by atoms with Gasteiger partial charge < -0.3 is 14.8 Å².